The SMILES string of the molecule is Cl.Cl.O=C(CCC1CCNC1)N1CCCN(Cc2ccc(C(F)(F)F)cc2)CC1. The van der Waals surface area contributed by atoms with Crippen LogP contribution < -0.4 is 5.32 Å². The predicted octanol–water partition coefficient (Wildman–Crippen LogP) is 3.97. The number of carbonyl (C=O) groups excluding carboxylic acids is 1. The second kappa shape index (κ2) is 12.0. The average molecular weight is 456 g/mol. The molecule has 0 aromatic heterocycles. The van der Waals surface area contributed by atoms with Crippen LogP contribution in [0.2, 0.25) is 0 Å². The molecule has 0 aliphatic carbocycles. The van der Waals surface area contributed by atoms with Crippen molar-refractivity contribution in [3.05, 3.63) is 35.4 Å². The third kappa shape index (κ3) is 7.96. The molecule has 2 aliphatic rings. The number of hydrogen-bond donors (Lipinski definition) is 1. The van der Waals surface area contributed by atoms with E-state index in [9.17, 15) is 18.0 Å². The summed E-state index contributed by atoms with van der Waals surface area (Å²) in [7, 11) is 0. The van der Waals surface area contributed by atoms with Gasteiger partial charge in [0, 0.05) is 39.1 Å². The van der Waals surface area contributed by atoms with Gasteiger partial charge < -0.3 is 10.2 Å². The van der Waals surface area contributed by atoms with Crippen LogP contribution in [0, 0.1) is 5.92 Å². The molecular formula is C20H30Cl2F3N3O. The van der Waals surface area contributed by atoms with Gasteiger partial charge in [-0.1, -0.05) is 12.1 Å². The normalized spacial score (nSPS) is 20.5. The molecule has 4 nitrogen and oxygen atoms in total. The second-order valence-corrected chi connectivity index (χ2v) is 7.60. The zero-order chi connectivity index (χ0) is 19.3. The van der Waals surface area contributed by atoms with Crippen LogP contribution in [0.3, 0.4) is 0 Å². The van der Waals surface area contributed by atoms with Gasteiger partial charge in [0.2, 0.25) is 5.91 Å². The Morgan fingerprint density at radius 2 is 1.79 bits per heavy atom. The number of carbonyl (C=O) groups is 1. The highest BCUT2D eigenvalue weighted by Crippen LogP contribution is 2.29. The van der Waals surface area contributed by atoms with Gasteiger partial charge in [0.25, 0.3) is 0 Å². The maximum atomic E-state index is 12.7. The Morgan fingerprint density at radius 3 is 2.41 bits per heavy atom. The van der Waals surface area contributed by atoms with Crippen molar-refractivity contribution in [3.8, 4) is 0 Å². The molecule has 1 aromatic rings. The molecule has 1 N–H and O–H groups in total. The summed E-state index contributed by atoms with van der Waals surface area (Å²) in [6, 6.07) is 5.38. The molecular weight excluding hydrogens is 426 g/mol. The number of hydrogen-bond acceptors (Lipinski definition) is 3. The van der Waals surface area contributed by atoms with Gasteiger partial charge in [-0.05, 0) is 56.0 Å². The van der Waals surface area contributed by atoms with Crippen molar-refractivity contribution >= 4 is 30.7 Å². The minimum Gasteiger partial charge on any atom is -0.341 e. The number of amides is 1. The van der Waals surface area contributed by atoms with Crippen molar-refractivity contribution in [3.63, 3.8) is 0 Å². The lowest BCUT2D eigenvalue weighted by molar-refractivity contribution is -0.137. The summed E-state index contributed by atoms with van der Waals surface area (Å²) >= 11 is 0. The maximum Gasteiger partial charge on any atom is 0.416 e. The number of nitrogens with one attached hydrogen (secondary N) is 1. The molecule has 166 valence electrons. The van der Waals surface area contributed by atoms with Gasteiger partial charge in [-0.25, -0.2) is 0 Å². The molecule has 9 heteroatoms. The molecule has 1 atom stereocenters. The Kier molecular flexibility index (Phi) is 10.8. The number of benzene rings is 1. The first kappa shape index (κ1) is 26.0. The molecule has 0 radical (unpaired) electrons. The van der Waals surface area contributed by atoms with Gasteiger partial charge in [0.15, 0.2) is 0 Å². The van der Waals surface area contributed by atoms with Crippen molar-refractivity contribution < 1.29 is 18.0 Å². The van der Waals surface area contributed by atoms with Crippen LogP contribution >= 0.6 is 24.8 Å². The lowest BCUT2D eigenvalue weighted by Gasteiger charge is -2.22. The van der Waals surface area contributed by atoms with Crippen LogP contribution in [0.4, 0.5) is 13.2 Å². The van der Waals surface area contributed by atoms with E-state index in [-0.39, 0.29) is 30.7 Å². The van der Waals surface area contributed by atoms with Crippen molar-refractivity contribution in [2.75, 3.05) is 39.3 Å². The fourth-order valence-electron chi connectivity index (χ4n) is 3.88. The van der Waals surface area contributed by atoms with Crippen molar-refractivity contribution in [1.82, 2.24) is 15.1 Å². The summed E-state index contributed by atoms with van der Waals surface area (Å²) in [6.07, 6.45) is -0.662. The molecule has 2 heterocycles. The highest BCUT2D eigenvalue weighted by Gasteiger charge is 2.30. The van der Waals surface area contributed by atoms with Gasteiger partial charge >= 0.3 is 6.18 Å². The molecule has 29 heavy (non-hydrogen) atoms. The molecule has 0 saturated carbocycles. The van der Waals surface area contributed by atoms with E-state index in [4.69, 9.17) is 0 Å². The smallest absolute Gasteiger partial charge is 0.341 e. The molecule has 2 fully saturated rings. The maximum absolute atomic E-state index is 12.7. The standard InChI is InChI=1S/C20H28F3N3O.2ClH/c21-20(22,23)18-5-2-17(3-6-18)15-25-10-1-11-26(13-12-25)19(27)7-4-16-8-9-24-14-16;;/h2-3,5-6,16,24H,1,4,7-15H2;2*1H. The fraction of sp³-hybridized carbons (Fsp3) is 0.650. The number of rotatable bonds is 5. The molecule has 2 aliphatic heterocycles. The van der Waals surface area contributed by atoms with E-state index in [0.29, 0.717) is 25.4 Å². The first-order chi connectivity index (χ1) is 12.9. The highest BCUT2D eigenvalue weighted by atomic mass is 35.5. The zero-order valence-corrected chi connectivity index (χ0v) is 18.1. The highest BCUT2D eigenvalue weighted by molar-refractivity contribution is 5.85. The van der Waals surface area contributed by atoms with Crippen molar-refractivity contribution in [1.29, 1.82) is 0 Å². The molecule has 1 aromatic carbocycles. The van der Waals surface area contributed by atoms with E-state index in [1.807, 2.05) is 4.90 Å². The van der Waals surface area contributed by atoms with Crippen LogP contribution in [0.15, 0.2) is 24.3 Å². The van der Waals surface area contributed by atoms with E-state index >= 15 is 0 Å². The van der Waals surface area contributed by atoms with Crippen LogP contribution in [0.25, 0.3) is 0 Å². The van der Waals surface area contributed by atoms with E-state index in [2.05, 4.69) is 10.2 Å². The zero-order valence-electron chi connectivity index (χ0n) is 16.4. The molecule has 2 saturated heterocycles. The third-order valence-electron chi connectivity index (χ3n) is 5.56. The molecule has 3 rings (SSSR count). The first-order valence-corrected chi connectivity index (χ1v) is 9.79. The summed E-state index contributed by atoms with van der Waals surface area (Å²) in [6.45, 7) is 5.78. The largest absolute Gasteiger partial charge is 0.416 e. The van der Waals surface area contributed by atoms with Gasteiger partial charge in [-0.2, -0.15) is 13.2 Å². The van der Waals surface area contributed by atoms with Crippen LogP contribution in [-0.2, 0) is 17.5 Å². The van der Waals surface area contributed by atoms with Gasteiger partial charge in [-0.3, -0.25) is 9.69 Å². The van der Waals surface area contributed by atoms with Gasteiger partial charge in [0.05, 0.1) is 5.56 Å². The fourth-order valence-corrected chi connectivity index (χ4v) is 3.88. The topological polar surface area (TPSA) is 35.6 Å². The molecule has 1 amide bonds. The minimum atomic E-state index is -4.30. The molecule has 0 spiro atoms. The molecule has 0 bridgehead atoms. The van der Waals surface area contributed by atoms with E-state index in [0.717, 1.165) is 69.7 Å². The lowest BCUT2D eigenvalue weighted by Crippen LogP contribution is -2.35. The third-order valence-corrected chi connectivity index (χ3v) is 5.56. The summed E-state index contributed by atoms with van der Waals surface area (Å²) < 4.78 is 38.0. The Labute approximate surface area is 183 Å². The lowest BCUT2D eigenvalue weighted by atomic mass is 10.0. The monoisotopic (exact) mass is 455 g/mol. The molecule has 1 unspecified atom stereocenters. The number of halogens is 5. The van der Waals surface area contributed by atoms with Gasteiger partial charge in [0.1, 0.15) is 0 Å². The van der Waals surface area contributed by atoms with Gasteiger partial charge in [-0.15, -0.1) is 24.8 Å². The Balaban J connectivity index is 0.00000210. The number of nitrogens with zero attached hydrogens (tertiary/aromatic N) is 2. The average Bonchev–Trinajstić information content (AvgIpc) is 3.05. The minimum absolute atomic E-state index is 0. The summed E-state index contributed by atoms with van der Waals surface area (Å²) in [5.74, 6) is 0.857. The first-order valence-electron chi connectivity index (χ1n) is 9.79. The van der Waals surface area contributed by atoms with Crippen LogP contribution in [0.1, 0.15) is 36.8 Å². The van der Waals surface area contributed by atoms with Crippen molar-refractivity contribution in [2.24, 2.45) is 5.92 Å². The summed E-state index contributed by atoms with van der Waals surface area (Å²) in [5.41, 5.74) is 0.257. The summed E-state index contributed by atoms with van der Waals surface area (Å²) in [4.78, 5) is 16.7. The quantitative estimate of drug-likeness (QED) is 0.729. The van der Waals surface area contributed by atoms with Crippen LogP contribution in [0.5, 0.6) is 0 Å². The number of alkyl halides is 3. The Hall–Kier alpha value is -1.02. The second-order valence-electron chi connectivity index (χ2n) is 7.60. The van der Waals surface area contributed by atoms with E-state index in [1.54, 1.807) is 12.1 Å². The van der Waals surface area contributed by atoms with E-state index in [1.165, 1.54) is 0 Å². The predicted molar refractivity (Wildman–Crippen MR) is 113 cm³/mol. The Morgan fingerprint density at radius 1 is 1.07 bits per heavy atom. The Bertz CT molecular complexity index is 622. The summed E-state index contributed by atoms with van der Waals surface area (Å²) in [5, 5.41) is 3.33. The van der Waals surface area contributed by atoms with Crippen LogP contribution in [-0.4, -0.2) is 55.0 Å². The van der Waals surface area contributed by atoms with Crippen molar-refractivity contribution in [2.45, 2.75) is 38.4 Å². The van der Waals surface area contributed by atoms with E-state index < -0.39 is 11.7 Å².